The van der Waals surface area contributed by atoms with Gasteiger partial charge in [-0.25, -0.2) is 0 Å². The molecule has 0 N–H and O–H groups in total. The highest BCUT2D eigenvalue weighted by Gasteiger charge is 2.62. The largest absolute Gasteiger partial charge is 0.490 e. The zero-order valence-corrected chi connectivity index (χ0v) is 12.7. The minimum absolute atomic E-state index is 0.346. The number of rotatable bonds is 3. The first-order chi connectivity index (χ1) is 8.99. The second kappa shape index (κ2) is 4.26. The Hall–Kier alpha value is -0.980. The van der Waals surface area contributed by atoms with Gasteiger partial charge in [-0.1, -0.05) is 45.9 Å². The minimum Gasteiger partial charge on any atom is -0.490 e. The molecule has 0 spiro atoms. The molecule has 3 unspecified atom stereocenters. The molecule has 2 fully saturated rings. The molecule has 0 aliphatic heterocycles. The van der Waals surface area contributed by atoms with Crippen LogP contribution in [-0.4, -0.2) is 6.10 Å². The van der Waals surface area contributed by atoms with Crippen molar-refractivity contribution in [1.29, 1.82) is 0 Å². The lowest BCUT2D eigenvalue weighted by Gasteiger charge is -2.39. The van der Waals surface area contributed by atoms with Crippen LogP contribution in [0, 0.1) is 16.7 Å². The molecule has 2 saturated carbocycles. The summed E-state index contributed by atoms with van der Waals surface area (Å²) in [6, 6.07) is 8.53. The maximum atomic E-state index is 6.47. The molecule has 3 atom stereocenters. The Morgan fingerprint density at radius 1 is 1.21 bits per heavy atom. The maximum Gasteiger partial charge on any atom is 0.122 e. The highest BCUT2D eigenvalue weighted by atomic mass is 16.5. The van der Waals surface area contributed by atoms with Crippen molar-refractivity contribution in [2.45, 2.75) is 59.5 Å². The molecule has 2 aliphatic carbocycles. The summed E-state index contributed by atoms with van der Waals surface area (Å²) in [5, 5.41) is 0. The summed E-state index contributed by atoms with van der Waals surface area (Å²) in [4.78, 5) is 0. The van der Waals surface area contributed by atoms with Gasteiger partial charge in [0, 0.05) is 5.41 Å². The Kier molecular flexibility index (Phi) is 2.92. The predicted octanol–water partition coefficient (Wildman–Crippen LogP) is 4.84. The fraction of sp³-hybridized carbons (Fsp3) is 0.667. The summed E-state index contributed by atoms with van der Waals surface area (Å²) in [6.45, 7) is 9.54. The standard InChI is InChI=1S/C18H26O/c1-5-13-8-6-7-9-15(13)19-16-12-14-10-11-18(16,4)17(14,2)3/h6-9,14,16H,5,10-12H2,1-4H3. The van der Waals surface area contributed by atoms with Gasteiger partial charge < -0.3 is 4.74 Å². The fourth-order valence-corrected chi connectivity index (χ4v) is 4.37. The Labute approximate surface area is 117 Å². The zero-order valence-electron chi connectivity index (χ0n) is 12.7. The number of hydrogen-bond donors (Lipinski definition) is 0. The van der Waals surface area contributed by atoms with Gasteiger partial charge in [0.05, 0.1) is 0 Å². The number of fused-ring (bicyclic) bond motifs is 2. The third-order valence-electron chi connectivity index (χ3n) is 6.34. The number of ether oxygens (including phenoxy) is 1. The van der Waals surface area contributed by atoms with Gasteiger partial charge in [-0.05, 0) is 48.6 Å². The summed E-state index contributed by atoms with van der Waals surface area (Å²) < 4.78 is 6.47. The topological polar surface area (TPSA) is 9.23 Å². The van der Waals surface area contributed by atoms with Crippen LogP contribution in [0.3, 0.4) is 0 Å². The van der Waals surface area contributed by atoms with Crippen molar-refractivity contribution >= 4 is 0 Å². The van der Waals surface area contributed by atoms with Gasteiger partial charge >= 0.3 is 0 Å². The highest BCUT2D eigenvalue weighted by molar-refractivity contribution is 5.34. The molecule has 0 heterocycles. The van der Waals surface area contributed by atoms with Crippen molar-refractivity contribution in [3.05, 3.63) is 29.8 Å². The molecule has 1 aromatic rings. The van der Waals surface area contributed by atoms with E-state index in [-0.39, 0.29) is 0 Å². The van der Waals surface area contributed by atoms with E-state index in [9.17, 15) is 0 Å². The summed E-state index contributed by atoms with van der Waals surface area (Å²) in [7, 11) is 0. The molecule has 0 amide bonds. The van der Waals surface area contributed by atoms with Crippen molar-refractivity contribution < 1.29 is 4.74 Å². The molecule has 1 nitrogen and oxygen atoms in total. The van der Waals surface area contributed by atoms with Crippen molar-refractivity contribution in [3.63, 3.8) is 0 Å². The summed E-state index contributed by atoms with van der Waals surface area (Å²) in [5.74, 6) is 1.95. The molecule has 2 aliphatic rings. The van der Waals surface area contributed by atoms with Gasteiger partial charge in [0.2, 0.25) is 0 Å². The van der Waals surface area contributed by atoms with Gasteiger partial charge in [-0.15, -0.1) is 0 Å². The molecule has 19 heavy (non-hydrogen) atoms. The van der Waals surface area contributed by atoms with Crippen LogP contribution < -0.4 is 4.74 Å². The van der Waals surface area contributed by atoms with Crippen LogP contribution in [0.5, 0.6) is 5.75 Å². The number of hydrogen-bond acceptors (Lipinski definition) is 1. The molecular weight excluding hydrogens is 232 g/mol. The molecule has 1 aromatic carbocycles. The van der Waals surface area contributed by atoms with E-state index in [1.165, 1.54) is 24.8 Å². The van der Waals surface area contributed by atoms with E-state index in [0.29, 0.717) is 16.9 Å². The molecule has 0 saturated heterocycles. The van der Waals surface area contributed by atoms with Crippen molar-refractivity contribution in [2.75, 3.05) is 0 Å². The minimum atomic E-state index is 0.346. The third kappa shape index (κ3) is 1.74. The molecule has 0 aromatic heterocycles. The van der Waals surface area contributed by atoms with Crippen LogP contribution in [-0.2, 0) is 6.42 Å². The van der Waals surface area contributed by atoms with E-state index >= 15 is 0 Å². The van der Waals surface area contributed by atoms with Crippen LogP contribution in [0.15, 0.2) is 24.3 Å². The summed E-state index contributed by atoms with van der Waals surface area (Å²) >= 11 is 0. The zero-order chi connectivity index (χ0) is 13.7. The second-order valence-electron chi connectivity index (χ2n) is 7.18. The van der Waals surface area contributed by atoms with Crippen LogP contribution in [0.2, 0.25) is 0 Å². The first kappa shape index (κ1) is 13.0. The molecule has 3 rings (SSSR count). The van der Waals surface area contributed by atoms with Crippen LogP contribution in [0.1, 0.15) is 52.5 Å². The van der Waals surface area contributed by atoms with Gasteiger partial charge in [-0.2, -0.15) is 0 Å². The van der Waals surface area contributed by atoms with Crippen molar-refractivity contribution in [2.24, 2.45) is 16.7 Å². The van der Waals surface area contributed by atoms with Gasteiger partial charge in [0.25, 0.3) is 0 Å². The van der Waals surface area contributed by atoms with E-state index in [1.54, 1.807) is 0 Å². The Morgan fingerprint density at radius 3 is 2.53 bits per heavy atom. The first-order valence-corrected chi connectivity index (χ1v) is 7.73. The van der Waals surface area contributed by atoms with E-state index in [0.717, 1.165) is 18.1 Å². The second-order valence-corrected chi connectivity index (χ2v) is 7.18. The average molecular weight is 258 g/mol. The van der Waals surface area contributed by atoms with Crippen molar-refractivity contribution in [1.82, 2.24) is 0 Å². The van der Waals surface area contributed by atoms with Gasteiger partial charge in [0.15, 0.2) is 0 Å². The smallest absolute Gasteiger partial charge is 0.122 e. The lowest BCUT2D eigenvalue weighted by molar-refractivity contribution is 0.0296. The number of aryl methyl sites for hydroxylation is 1. The monoisotopic (exact) mass is 258 g/mol. The van der Waals surface area contributed by atoms with Crippen LogP contribution in [0.25, 0.3) is 0 Å². The molecule has 2 bridgehead atoms. The predicted molar refractivity (Wildman–Crippen MR) is 79.5 cm³/mol. The van der Waals surface area contributed by atoms with E-state index in [2.05, 4.69) is 52.0 Å². The average Bonchev–Trinajstić information content (AvgIpc) is 2.72. The number of para-hydroxylation sites is 1. The summed E-state index contributed by atoms with van der Waals surface area (Å²) in [5.41, 5.74) is 2.11. The lowest BCUT2D eigenvalue weighted by atomic mass is 9.70. The molecule has 0 radical (unpaired) electrons. The quantitative estimate of drug-likeness (QED) is 0.753. The van der Waals surface area contributed by atoms with Crippen molar-refractivity contribution in [3.8, 4) is 5.75 Å². The first-order valence-electron chi connectivity index (χ1n) is 7.73. The van der Waals surface area contributed by atoms with Gasteiger partial charge in [-0.3, -0.25) is 0 Å². The molecular formula is C18H26O. The third-order valence-corrected chi connectivity index (χ3v) is 6.34. The molecule has 104 valence electrons. The normalized spacial score (nSPS) is 35.6. The van der Waals surface area contributed by atoms with E-state index < -0.39 is 0 Å². The van der Waals surface area contributed by atoms with Gasteiger partial charge in [0.1, 0.15) is 11.9 Å². The number of benzene rings is 1. The van der Waals surface area contributed by atoms with E-state index in [4.69, 9.17) is 4.74 Å². The lowest BCUT2D eigenvalue weighted by Crippen LogP contribution is -2.39. The highest BCUT2D eigenvalue weighted by Crippen LogP contribution is 2.66. The van der Waals surface area contributed by atoms with Crippen LogP contribution in [0.4, 0.5) is 0 Å². The Bertz CT molecular complexity index is 476. The Balaban J connectivity index is 1.86. The summed E-state index contributed by atoms with van der Waals surface area (Å²) in [6.07, 6.45) is 5.39. The molecule has 1 heteroatoms. The van der Waals surface area contributed by atoms with E-state index in [1.807, 2.05) is 0 Å². The Morgan fingerprint density at radius 2 is 1.95 bits per heavy atom. The SMILES string of the molecule is CCc1ccccc1OC1CC2CCC1(C)C2(C)C. The van der Waals surface area contributed by atoms with Crippen LogP contribution >= 0.6 is 0 Å². The maximum absolute atomic E-state index is 6.47. The fourth-order valence-electron chi connectivity index (χ4n) is 4.37.